The summed E-state index contributed by atoms with van der Waals surface area (Å²) in [6, 6.07) is 6.14. The topological polar surface area (TPSA) is 75.6 Å². The van der Waals surface area contributed by atoms with Crippen LogP contribution in [-0.2, 0) is 10.0 Å². The predicted molar refractivity (Wildman–Crippen MR) is 73.7 cm³/mol. The summed E-state index contributed by atoms with van der Waals surface area (Å²) in [7, 11) is -3.46. The number of rotatable bonds is 8. The summed E-state index contributed by atoms with van der Waals surface area (Å²) in [5.74, 6) is 0.844. The second kappa shape index (κ2) is 7.47. The third-order valence-corrected chi connectivity index (χ3v) is 4.25. The van der Waals surface area contributed by atoms with Gasteiger partial charge in [0.2, 0.25) is 10.0 Å². The van der Waals surface area contributed by atoms with E-state index >= 15 is 0 Å². The minimum atomic E-state index is -3.46. The number of aliphatic hydroxyl groups excluding tert-OH is 1. The molecular formula is C13H21NO4S. The molecule has 2 N–H and O–H groups in total. The number of nitrogens with one attached hydrogen (secondary N) is 1. The normalized spacial score (nSPS) is 13.2. The maximum absolute atomic E-state index is 12.0. The zero-order valence-corrected chi connectivity index (χ0v) is 12.1. The molecule has 1 rings (SSSR count). The Morgan fingerprint density at radius 2 is 1.95 bits per heavy atom. The van der Waals surface area contributed by atoms with Crippen LogP contribution in [-0.4, -0.2) is 33.3 Å². The molecule has 0 amide bonds. The van der Waals surface area contributed by atoms with Crippen LogP contribution in [0.3, 0.4) is 0 Å². The van der Waals surface area contributed by atoms with E-state index < -0.39 is 10.0 Å². The fraction of sp³-hybridized carbons (Fsp3) is 0.538. The Balaban J connectivity index is 2.68. The van der Waals surface area contributed by atoms with Crippen molar-refractivity contribution in [3.63, 3.8) is 0 Å². The highest BCUT2D eigenvalue weighted by molar-refractivity contribution is 7.89. The van der Waals surface area contributed by atoms with Crippen molar-refractivity contribution in [2.45, 2.75) is 25.2 Å². The van der Waals surface area contributed by atoms with Gasteiger partial charge in [-0.25, -0.2) is 13.1 Å². The van der Waals surface area contributed by atoms with Crippen molar-refractivity contribution in [3.8, 4) is 5.75 Å². The molecule has 0 fully saturated rings. The molecule has 0 aliphatic rings. The van der Waals surface area contributed by atoms with Gasteiger partial charge in [-0.2, -0.15) is 0 Å². The average molecular weight is 287 g/mol. The third kappa shape index (κ3) is 5.18. The molecule has 0 spiro atoms. The minimum Gasteiger partial charge on any atom is -0.491 e. The van der Waals surface area contributed by atoms with E-state index in [4.69, 9.17) is 9.84 Å². The van der Waals surface area contributed by atoms with Crippen molar-refractivity contribution in [1.82, 2.24) is 4.72 Å². The van der Waals surface area contributed by atoms with Crippen molar-refractivity contribution in [2.24, 2.45) is 5.92 Å². The van der Waals surface area contributed by atoms with Gasteiger partial charge in [-0.15, -0.1) is 0 Å². The lowest BCUT2D eigenvalue weighted by molar-refractivity contribution is 0.201. The highest BCUT2D eigenvalue weighted by Crippen LogP contribution is 2.16. The summed E-state index contributed by atoms with van der Waals surface area (Å²) >= 11 is 0. The number of aliphatic hydroxyl groups is 1. The number of sulfonamides is 1. The van der Waals surface area contributed by atoms with Crippen molar-refractivity contribution < 1.29 is 18.3 Å². The highest BCUT2D eigenvalue weighted by Gasteiger charge is 2.14. The van der Waals surface area contributed by atoms with Crippen molar-refractivity contribution >= 4 is 10.0 Å². The molecule has 5 nitrogen and oxygen atoms in total. The first kappa shape index (κ1) is 15.9. The van der Waals surface area contributed by atoms with E-state index in [1.54, 1.807) is 12.1 Å². The van der Waals surface area contributed by atoms with Crippen LogP contribution in [0.2, 0.25) is 0 Å². The largest absolute Gasteiger partial charge is 0.491 e. The number of hydrogen-bond acceptors (Lipinski definition) is 4. The first-order chi connectivity index (χ1) is 8.99. The molecule has 6 heteroatoms. The molecule has 1 unspecified atom stereocenters. The molecule has 0 aliphatic heterocycles. The first-order valence-corrected chi connectivity index (χ1v) is 7.81. The maximum atomic E-state index is 12.0. The van der Waals surface area contributed by atoms with Gasteiger partial charge in [-0.1, -0.05) is 20.3 Å². The quantitative estimate of drug-likeness (QED) is 0.757. The zero-order valence-electron chi connectivity index (χ0n) is 11.3. The van der Waals surface area contributed by atoms with Gasteiger partial charge in [0.1, 0.15) is 12.4 Å². The molecule has 1 atom stereocenters. The summed E-state index contributed by atoms with van der Waals surface area (Å²) in [4.78, 5) is 0.215. The lowest BCUT2D eigenvalue weighted by Crippen LogP contribution is -2.28. The highest BCUT2D eigenvalue weighted by atomic mass is 32.2. The van der Waals surface area contributed by atoms with E-state index in [9.17, 15) is 8.42 Å². The maximum Gasteiger partial charge on any atom is 0.240 e. The van der Waals surface area contributed by atoms with Crippen LogP contribution >= 0.6 is 0 Å². The standard InChI is InChI=1S/C13H21NO4S/c1-3-11(2)10-14-19(16,17)13-6-4-12(5-7-13)18-9-8-15/h4-7,11,14-15H,3,8-10H2,1-2H3. The average Bonchev–Trinajstić information content (AvgIpc) is 2.43. The smallest absolute Gasteiger partial charge is 0.240 e. The fourth-order valence-corrected chi connectivity index (χ4v) is 2.52. The van der Waals surface area contributed by atoms with Crippen LogP contribution in [0.4, 0.5) is 0 Å². The summed E-state index contributed by atoms with van der Waals surface area (Å²) in [5, 5.41) is 8.63. The van der Waals surface area contributed by atoms with E-state index in [1.807, 2.05) is 13.8 Å². The van der Waals surface area contributed by atoms with E-state index in [-0.39, 0.29) is 18.1 Å². The molecule has 0 saturated carbocycles. The molecule has 1 aromatic carbocycles. The molecule has 0 heterocycles. The van der Waals surface area contributed by atoms with Gasteiger partial charge in [-0.05, 0) is 30.2 Å². The van der Waals surface area contributed by atoms with Gasteiger partial charge in [-0.3, -0.25) is 0 Å². The molecule has 19 heavy (non-hydrogen) atoms. The van der Waals surface area contributed by atoms with Gasteiger partial charge in [0, 0.05) is 6.54 Å². The fourth-order valence-electron chi connectivity index (χ4n) is 1.36. The Morgan fingerprint density at radius 3 is 2.47 bits per heavy atom. The molecule has 0 bridgehead atoms. The second-order valence-corrected chi connectivity index (χ2v) is 6.18. The lowest BCUT2D eigenvalue weighted by Gasteiger charge is -2.11. The van der Waals surface area contributed by atoms with Crippen LogP contribution in [0.5, 0.6) is 5.75 Å². The van der Waals surface area contributed by atoms with E-state index in [0.29, 0.717) is 18.2 Å². The third-order valence-electron chi connectivity index (χ3n) is 2.81. The minimum absolute atomic E-state index is 0.0729. The SMILES string of the molecule is CCC(C)CNS(=O)(=O)c1ccc(OCCO)cc1. The summed E-state index contributed by atoms with van der Waals surface area (Å²) in [5.41, 5.74) is 0. The van der Waals surface area contributed by atoms with Crippen molar-refractivity contribution in [1.29, 1.82) is 0 Å². The van der Waals surface area contributed by atoms with Crippen LogP contribution in [0.15, 0.2) is 29.2 Å². The molecule has 0 aromatic heterocycles. The Morgan fingerprint density at radius 1 is 1.32 bits per heavy atom. The van der Waals surface area contributed by atoms with Crippen molar-refractivity contribution in [2.75, 3.05) is 19.8 Å². The monoisotopic (exact) mass is 287 g/mol. The Labute approximate surface area is 114 Å². The summed E-state index contributed by atoms with van der Waals surface area (Å²) in [6.45, 7) is 4.57. The van der Waals surface area contributed by atoms with Gasteiger partial charge >= 0.3 is 0 Å². The number of hydrogen-bond donors (Lipinski definition) is 2. The van der Waals surface area contributed by atoms with Crippen LogP contribution in [0, 0.1) is 5.92 Å². The van der Waals surface area contributed by atoms with Gasteiger partial charge in [0.15, 0.2) is 0 Å². The summed E-state index contributed by atoms with van der Waals surface area (Å²) < 4.78 is 31.7. The molecule has 108 valence electrons. The van der Waals surface area contributed by atoms with Gasteiger partial charge in [0.05, 0.1) is 11.5 Å². The van der Waals surface area contributed by atoms with E-state index in [1.165, 1.54) is 12.1 Å². The predicted octanol–water partition coefficient (Wildman–Crippen LogP) is 1.38. The van der Waals surface area contributed by atoms with Gasteiger partial charge in [0.25, 0.3) is 0 Å². The van der Waals surface area contributed by atoms with Crippen LogP contribution < -0.4 is 9.46 Å². The number of ether oxygens (including phenoxy) is 1. The first-order valence-electron chi connectivity index (χ1n) is 6.33. The molecule has 0 radical (unpaired) electrons. The second-order valence-electron chi connectivity index (χ2n) is 4.41. The van der Waals surface area contributed by atoms with E-state index in [2.05, 4.69) is 4.72 Å². The van der Waals surface area contributed by atoms with E-state index in [0.717, 1.165) is 6.42 Å². The van der Waals surface area contributed by atoms with Crippen LogP contribution in [0.1, 0.15) is 20.3 Å². The zero-order chi connectivity index (χ0) is 14.3. The van der Waals surface area contributed by atoms with Crippen LogP contribution in [0.25, 0.3) is 0 Å². The Hall–Kier alpha value is -1.11. The Bertz CT molecular complexity index is 470. The molecule has 0 aliphatic carbocycles. The summed E-state index contributed by atoms with van der Waals surface area (Å²) in [6.07, 6.45) is 0.927. The molecule has 1 aromatic rings. The lowest BCUT2D eigenvalue weighted by atomic mass is 10.1. The molecule has 0 saturated heterocycles. The van der Waals surface area contributed by atoms with Crippen molar-refractivity contribution in [3.05, 3.63) is 24.3 Å². The van der Waals surface area contributed by atoms with Gasteiger partial charge < -0.3 is 9.84 Å². The molecular weight excluding hydrogens is 266 g/mol. The number of benzene rings is 1. The Kier molecular flexibility index (Phi) is 6.27.